The Labute approximate surface area is 110 Å². The van der Waals surface area contributed by atoms with Crippen molar-refractivity contribution in [2.75, 3.05) is 0 Å². The molecule has 0 spiro atoms. The largest absolute Gasteiger partial charge is 0.320 e. The number of halogens is 3. The molecule has 1 heterocycles. The van der Waals surface area contributed by atoms with E-state index in [1.807, 2.05) is 13.0 Å². The third kappa shape index (κ3) is 2.56. The van der Waals surface area contributed by atoms with E-state index in [0.29, 0.717) is 5.56 Å². The first kappa shape index (κ1) is 12.7. The monoisotopic (exact) mass is 317 g/mol. The van der Waals surface area contributed by atoms with Crippen LogP contribution in [0.5, 0.6) is 0 Å². The van der Waals surface area contributed by atoms with Crippen LogP contribution in [0.25, 0.3) is 0 Å². The fourth-order valence-corrected chi connectivity index (χ4v) is 3.12. The van der Waals surface area contributed by atoms with Crippen LogP contribution in [0.2, 0.25) is 0 Å². The van der Waals surface area contributed by atoms with E-state index in [1.54, 1.807) is 0 Å². The summed E-state index contributed by atoms with van der Waals surface area (Å²) in [6, 6.07) is 4.76. The Morgan fingerprint density at radius 2 is 2.00 bits per heavy atom. The van der Waals surface area contributed by atoms with E-state index in [1.165, 1.54) is 23.5 Å². The van der Waals surface area contributed by atoms with Gasteiger partial charge in [0.1, 0.15) is 11.6 Å². The molecule has 0 fully saturated rings. The van der Waals surface area contributed by atoms with Gasteiger partial charge in [-0.3, -0.25) is 0 Å². The van der Waals surface area contributed by atoms with Gasteiger partial charge in [0.25, 0.3) is 0 Å². The first-order chi connectivity index (χ1) is 7.99. The summed E-state index contributed by atoms with van der Waals surface area (Å²) < 4.78 is 27.3. The molecule has 1 unspecified atom stereocenters. The molecule has 1 nitrogen and oxygen atoms in total. The summed E-state index contributed by atoms with van der Waals surface area (Å²) in [4.78, 5) is 1.93. The van der Waals surface area contributed by atoms with Gasteiger partial charge in [0.05, 0.1) is 6.04 Å². The van der Waals surface area contributed by atoms with Crippen LogP contribution >= 0.6 is 27.3 Å². The summed E-state index contributed by atoms with van der Waals surface area (Å²) >= 11 is 4.89. The molecule has 0 saturated heterocycles. The van der Waals surface area contributed by atoms with Crippen molar-refractivity contribution in [2.45, 2.75) is 13.0 Å². The molecule has 2 aromatic rings. The van der Waals surface area contributed by atoms with E-state index in [-0.39, 0.29) is 0 Å². The molecule has 5 heteroatoms. The Hall–Kier alpha value is -0.780. The lowest BCUT2D eigenvalue weighted by molar-refractivity contribution is 0.566. The van der Waals surface area contributed by atoms with Crippen LogP contribution in [-0.2, 0) is 0 Å². The van der Waals surface area contributed by atoms with Gasteiger partial charge < -0.3 is 5.73 Å². The Morgan fingerprint density at radius 1 is 1.29 bits per heavy atom. The van der Waals surface area contributed by atoms with Crippen molar-refractivity contribution in [1.82, 2.24) is 0 Å². The zero-order valence-corrected chi connectivity index (χ0v) is 11.4. The van der Waals surface area contributed by atoms with Gasteiger partial charge in [-0.1, -0.05) is 6.07 Å². The summed E-state index contributed by atoms with van der Waals surface area (Å²) in [5.41, 5.74) is 6.28. The second-order valence-corrected chi connectivity index (χ2v) is 5.84. The molecule has 2 rings (SSSR count). The molecule has 0 saturated carbocycles. The van der Waals surface area contributed by atoms with E-state index in [2.05, 4.69) is 15.9 Å². The van der Waals surface area contributed by atoms with Crippen LogP contribution in [0.3, 0.4) is 0 Å². The van der Waals surface area contributed by atoms with Crippen molar-refractivity contribution < 1.29 is 8.78 Å². The summed E-state index contributed by atoms with van der Waals surface area (Å²) in [7, 11) is 0. The van der Waals surface area contributed by atoms with Crippen LogP contribution in [0.1, 0.15) is 21.4 Å². The van der Waals surface area contributed by atoms with E-state index < -0.39 is 17.7 Å². The average Bonchev–Trinajstić information content (AvgIpc) is 2.58. The lowest BCUT2D eigenvalue weighted by Crippen LogP contribution is -2.12. The number of hydrogen-bond donors (Lipinski definition) is 1. The number of thiophene rings is 1. The Bertz CT molecular complexity index is 534. The smallest absolute Gasteiger partial charge is 0.131 e. The minimum Gasteiger partial charge on any atom is -0.320 e. The first-order valence-electron chi connectivity index (χ1n) is 4.95. The molecule has 0 radical (unpaired) electrons. The molecule has 0 aliphatic carbocycles. The number of rotatable bonds is 2. The molecule has 1 aromatic carbocycles. The second-order valence-electron chi connectivity index (χ2n) is 3.70. The molecule has 0 aliphatic heterocycles. The van der Waals surface area contributed by atoms with Gasteiger partial charge in [-0.25, -0.2) is 8.78 Å². The number of nitrogens with two attached hydrogens (primary N) is 1. The topological polar surface area (TPSA) is 26.0 Å². The Morgan fingerprint density at radius 3 is 2.53 bits per heavy atom. The molecular formula is C12H10BrF2NS. The maximum absolute atomic E-state index is 13.6. The van der Waals surface area contributed by atoms with Crippen molar-refractivity contribution in [3.05, 3.63) is 55.7 Å². The van der Waals surface area contributed by atoms with Crippen molar-refractivity contribution in [2.24, 2.45) is 5.73 Å². The number of hydrogen-bond acceptors (Lipinski definition) is 2. The normalized spacial score (nSPS) is 12.8. The third-order valence-electron chi connectivity index (χ3n) is 2.48. The van der Waals surface area contributed by atoms with Crippen LogP contribution < -0.4 is 5.73 Å². The van der Waals surface area contributed by atoms with Crippen molar-refractivity contribution in [1.29, 1.82) is 0 Å². The zero-order valence-electron chi connectivity index (χ0n) is 9.01. The van der Waals surface area contributed by atoms with E-state index >= 15 is 0 Å². The highest BCUT2D eigenvalue weighted by atomic mass is 79.9. The molecule has 0 bridgehead atoms. The molecule has 90 valence electrons. The minimum atomic E-state index is -0.611. The SMILES string of the molecule is Cc1sc(C(N)c2ccc(F)cc2F)cc1Br. The highest BCUT2D eigenvalue weighted by molar-refractivity contribution is 9.10. The lowest BCUT2D eigenvalue weighted by Gasteiger charge is -2.10. The average molecular weight is 318 g/mol. The minimum absolute atomic E-state index is 0.306. The van der Waals surface area contributed by atoms with E-state index in [0.717, 1.165) is 20.3 Å². The van der Waals surface area contributed by atoms with Crippen molar-refractivity contribution in [3.63, 3.8) is 0 Å². The van der Waals surface area contributed by atoms with Crippen LogP contribution in [0, 0.1) is 18.6 Å². The van der Waals surface area contributed by atoms with Crippen LogP contribution in [-0.4, -0.2) is 0 Å². The summed E-state index contributed by atoms with van der Waals surface area (Å²) in [5.74, 6) is -1.21. The van der Waals surface area contributed by atoms with Gasteiger partial charge in [0.15, 0.2) is 0 Å². The first-order valence-corrected chi connectivity index (χ1v) is 6.56. The van der Waals surface area contributed by atoms with Gasteiger partial charge in [-0.05, 0) is 35.0 Å². The fourth-order valence-electron chi connectivity index (χ4n) is 1.54. The standard InChI is InChI=1S/C12H10BrF2NS/c1-6-9(13)5-11(17-6)12(16)8-3-2-7(14)4-10(8)15/h2-5,12H,16H2,1H3. The maximum Gasteiger partial charge on any atom is 0.131 e. The lowest BCUT2D eigenvalue weighted by atomic mass is 10.1. The second kappa shape index (κ2) is 4.84. The number of benzene rings is 1. The fraction of sp³-hybridized carbons (Fsp3) is 0.167. The third-order valence-corrected chi connectivity index (χ3v) is 4.70. The molecule has 0 aliphatic rings. The van der Waals surface area contributed by atoms with E-state index in [4.69, 9.17) is 5.73 Å². The molecule has 1 aromatic heterocycles. The van der Waals surface area contributed by atoms with Crippen molar-refractivity contribution in [3.8, 4) is 0 Å². The Kier molecular flexibility index (Phi) is 3.61. The van der Waals surface area contributed by atoms with Crippen molar-refractivity contribution >= 4 is 27.3 Å². The molecule has 17 heavy (non-hydrogen) atoms. The molecular weight excluding hydrogens is 308 g/mol. The quantitative estimate of drug-likeness (QED) is 0.884. The predicted octanol–water partition coefficient (Wildman–Crippen LogP) is 4.15. The van der Waals surface area contributed by atoms with Crippen LogP contribution in [0.4, 0.5) is 8.78 Å². The maximum atomic E-state index is 13.6. The van der Waals surface area contributed by atoms with E-state index in [9.17, 15) is 8.78 Å². The van der Waals surface area contributed by atoms with Gasteiger partial charge in [0, 0.05) is 25.9 Å². The molecule has 0 amide bonds. The van der Waals surface area contributed by atoms with Crippen LogP contribution in [0.15, 0.2) is 28.7 Å². The van der Waals surface area contributed by atoms with Gasteiger partial charge in [0.2, 0.25) is 0 Å². The summed E-state index contributed by atoms with van der Waals surface area (Å²) in [6.45, 7) is 1.95. The molecule has 1 atom stereocenters. The zero-order chi connectivity index (χ0) is 12.6. The Balaban J connectivity index is 2.39. The predicted molar refractivity (Wildman–Crippen MR) is 69.1 cm³/mol. The summed E-state index contributed by atoms with van der Waals surface area (Å²) in [6.07, 6.45) is 0. The number of aryl methyl sites for hydroxylation is 1. The van der Waals surface area contributed by atoms with Gasteiger partial charge in [-0.15, -0.1) is 11.3 Å². The highest BCUT2D eigenvalue weighted by Gasteiger charge is 2.17. The van der Waals surface area contributed by atoms with Gasteiger partial charge >= 0.3 is 0 Å². The van der Waals surface area contributed by atoms with Gasteiger partial charge in [-0.2, -0.15) is 0 Å². The molecule has 2 N–H and O–H groups in total. The summed E-state index contributed by atoms with van der Waals surface area (Å²) in [5, 5.41) is 0. The highest BCUT2D eigenvalue weighted by Crippen LogP contribution is 2.33.